The molecule has 0 unspecified atom stereocenters. The third kappa shape index (κ3) is 1.67. The van der Waals surface area contributed by atoms with Crippen molar-refractivity contribution >= 4 is 0 Å². The van der Waals surface area contributed by atoms with Crippen LogP contribution in [0.15, 0.2) is 11.6 Å². The van der Waals surface area contributed by atoms with E-state index in [4.69, 9.17) is 0 Å². The van der Waals surface area contributed by atoms with E-state index in [-0.39, 0.29) is 17.4 Å². The van der Waals surface area contributed by atoms with Gasteiger partial charge < -0.3 is 10.2 Å². The fraction of sp³-hybridized carbons (Fsp3) is 0.895. The molecule has 0 aromatic carbocycles. The molecule has 124 valence electrons. The number of allylic oxidation sites excluding steroid dienone is 1. The van der Waals surface area contributed by atoms with Gasteiger partial charge in [0.05, 0.1) is 12.2 Å². The lowest BCUT2D eigenvalue weighted by atomic mass is 9.47. The Morgan fingerprint density at radius 3 is 2.59 bits per heavy atom. The molecule has 0 aromatic heterocycles. The van der Waals surface area contributed by atoms with Crippen molar-refractivity contribution in [2.45, 2.75) is 83.1 Å². The van der Waals surface area contributed by atoms with E-state index in [0.29, 0.717) is 18.8 Å². The van der Waals surface area contributed by atoms with Gasteiger partial charge in [0.15, 0.2) is 0 Å². The van der Waals surface area contributed by atoms with Gasteiger partial charge in [-0.1, -0.05) is 25.5 Å². The molecule has 7 atom stereocenters. The average molecular weight is 308 g/mol. The Morgan fingerprint density at radius 1 is 1.05 bits per heavy atom. The standard InChI is InChI=1S/C19H29FO2/c1-17-8-5-13(21)11-12(17)3-4-15-14(17)6-9-18(2)16(22)7-10-19(15,18)20/h3,13-16,21-22H,4-11H2,1-2H3/t13-,14-,15+,16-,17-,18+,19+/m0/s1. The van der Waals surface area contributed by atoms with Crippen LogP contribution in [-0.2, 0) is 0 Å². The maximum absolute atomic E-state index is 16.1. The summed E-state index contributed by atoms with van der Waals surface area (Å²) in [6.07, 6.45) is 7.90. The van der Waals surface area contributed by atoms with Crippen LogP contribution in [0.3, 0.4) is 0 Å². The zero-order valence-electron chi connectivity index (χ0n) is 13.8. The number of aliphatic hydroxyl groups is 2. The second-order valence-electron chi connectivity index (χ2n) is 8.87. The number of fused-ring (bicyclic) bond motifs is 5. The lowest BCUT2D eigenvalue weighted by Crippen LogP contribution is -2.59. The first-order valence-electron chi connectivity index (χ1n) is 9.06. The highest BCUT2D eigenvalue weighted by Crippen LogP contribution is 2.67. The molecular formula is C19H29FO2. The summed E-state index contributed by atoms with van der Waals surface area (Å²) < 4.78 is 16.1. The zero-order chi connectivity index (χ0) is 15.8. The molecule has 0 bridgehead atoms. The number of halogens is 1. The molecule has 0 aliphatic heterocycles. The Balaban J connectivity index is 1.73. The van der Waals surface area contributed by atoms with Gasteiger partial charge in [0, 0.05) is 11.3 Å². The number of rotatable bonds is 0. The maximum atomic E-state index is 16.1. The molecule has 0 saturated heterocycles. The largest absolute Gasteiger partial charge is 0.393 e. The molecule has 2 nitrogen and oxygen atoms in total. The molecule has 3 heteroatoms. The van der Waals surface area contributed by atoms with Crippen molar-refractivity contribution in [2.24, 2.45) is 22.7 Å². The summed E-state index contributed by atoms with van der Waals surface area (Å²) >= 11 is 0. The number of alkyl halides is 1. The van der Waals surface area contributed by atoms with Gasteiger partial charge in [-0.3, -0.25) is 0 Å². The van der Waals surface area contributed by atoms with E-state index in [9.17, 15) is 10.2 Å². The quantitative estimate of drug-likeness (QED) is 0.669. The van der Waals surface area contributed by atoms with Crippen LogP contribution in [0.5, 0.6) is 0 Å². The van der Waals surface area contributed by atoms with Crippen LogP contribution >= 0.6 is 0 Å². The van der Waals surface area contributed by atoms with Crippen LogP contribution < -0.4 is 0 Å². The minimum Gasteiger partial charge on any atom is -0.393 e. The second kappa shape index (κ2) is 4.57. The highest BCUT2D eigenvalue weighted by atomic mass is 19.1. The van der Waals surface area contributed by atoms with Crippen LogP contribution in [0.25, 0.3) is 0 Å². The summed E-state index contributed by atoms with van der Waals surface area (Å²) in [5.74, 6) is 0.427. The highest BCUT2D eigenvalue weighted by molar-refractivity contribution is 5.28. The van der Waals surface area contributed by atoms with Crippen molar-refractivity contribution in [3.8, 4) is 0 Å². The Bertz CT molecular complexity index is 518. The molecule has 0 spiro atoms. The molecule has 0 radical (unpaired) electrons. The van der Waals surface area contributed by atoms with E-state index >= 15 is 4.39 Å². The average Bonchev–Trinajstić information content (AvgIpc) is 2.72. The van der Waals surface area contributed by atoms with Gasteiger partial charge in [-0.15, -0.1) is 0 Å². The monoisotopic (exact) mass is 308 g/mol. The minimum absolute atomic E-state index is 0.0485. The lowest BCUT2D eigenvalue weighted by molar-refractivity contribution is -0.146. The van der Waals surface area contributed by atoms with Crippen LogP contribution in [0.1, 0.15) is 65.2 Å². The first-order chi connectivity index (χ1) is 10.3. The zero-order valence-corrected chi connectivity index (χ0v) is 13.8. The number of hydrogen-bond acceptors (Lipinski definition) is 2. The van der Waals surface area contributed by atoms with Gasteiger partial charge in [0.25, 0.3) is 0 Å². The van der Waals surface area contributed by atoms with Gasteiger partial charge in [-0.05, 0) is 62.7 Å². The second-order valence-corrected chi connectivity index (χ2v) is 8.87. The predicted octanol–water partition coefficient (Wildman–Crippen LogP) is 3.76. The van der Waals surface area contributed by atoms with Crippen molar-refractivity contribution in [2.75, 3.05) is 0 Å². The van der Waals surface area contributed by atoms with Gasteiger partial charge in [0.2, 0.25) is 0 Å². The van der Waals surface area contributed by atoms with Crippen molar-refractivity contribution in [3.63, 3.8) is 0 Å². The third-order valence-electron chi connectivity index (χ3n) is 8.14. The first-order valence-corrected chi connectivity index (χ1v) is 9.06. The molecule has 4 aliphatic rings. The molecule has 0 aromatic rings. The van der Waals surface area contributed by atoms with Crippen LogP contribution in [0.4, 0.5) is 4.39 Å². The molecule has 4 rings (SSSR count). The fourth-order valence-electron chi connectivity index (χ4n) is 6.53. The SMILES string of the molecule is C[C@]12CC[C@H](O)CC1=CC[C@@H]1[C@@H]2CC[C@]2(C)[C@@H](O)CC[C@@]12F. The van der Waals surface area contributed by atoms with E-state index in [1.165, 1.54) is 5.57 Å². The predicted molar refractivity (Wildman–Crippen MR) is 84.1 cm³/mol. The number of aliphatic hydroxyl groups excluding tert-OH is 2. The van der Waals surface area contributed by atoms with Crippen molar-refractivity contribution in [3.05, 3.63) is 11.6 Å². The third-order valence-corrected chi connectivity index (χ3v) is 8.14. The Kier molecular flexibility index (Phi) is 3.14. The summed E-state index contributed by atoms with van der Waals surface area (Å²) in [7, 11) is 0. The van der Waals surface area contributed by atoms with Crippen molar-refractivity contribution in [1.29, 1.82) is 0 Å². The van der Waals surface area contributed by atoms with E-state index in [0.717, 1.165) is 38.5 Å². The van der Waals surface area contributed by atoms with Crippen LogP contribution in [-0.4, -0.2) is 28.1 Å². The molecule has 3 saturated carbocycles. The van der Waals surface area contributed by atoms with E-state index in [2.05, 4.69) is 13.0 Å². The van der Waals surface area contributed by atoms with Crippen LogP contribution in [0, 0.1) is 22.7 Å². The van der Waals surface area contributed by atoms with Crippen molar-refractivity contribution in [1.82, 2.24) is 0 Å². The Hall–Kier alpha value is -0.410. The van der Waals surface area contributed by atoms with Gasteiger partial charge in [-0.2, -0.15) is 0 Å². The first kappa shape index (κ1) is 15.1. The van der Waals surface area contributed by atoms with Crippen LogP contribution in [0.2, 0.25) is 0 Å². The molecule has 22 heavy (non-hydrogen) atoms. The molecule has 4 aliphatic carbocycles. The van der Waals surface area contributed by atoms with E-state index in [1.807, 2.05) is 6.92 Å². The van der Waals surface area contributed by atoms with E-state index < -0.39 is 17.2 Å². The molecular weight excluding hydrogens is 279 g/mol. The Morgan fingerprint density at radius 2 is 1.82 bits per heavy atom. The Labute approximate surface area is 132 Å². The van der Waals surface area contributed by atoms with Crippen molar-refractivity contribution < 1.29 is 14.6 Å². The van der Waals surface area contributed by atoms with Gasteiger partial charge in [0.1, 0.15) is 5.67 Å². The van der Waals surface area contributed by atoms with E-state index in [1.54, 1.807) is 0 Å². The summed E-state index contributed by atoms with van der Waals surface area (Å²) in [5.41, 5.74) is -0.324. The topological polar surface area (TPSA) is 40.5 Å². The lowest BCUT2D eigenvalue weighted by Gasteiger charge is -2.59. The summed E-state index contributed by atoms with van der Waals surface area (Å²) in [6, 6.07) is 0. The molecule has 3 fully saturated rings. The molecule has 0 amide bonds. The molecule has 0 heterocycles. The molecule has 2 N–H and O–H groups in total. The number of hydrogen-bond donors (Lipinski definition) is 2. The summed E-state index contributed by atoms with van der Waals surface area (Å²) in [5, 5.41) is 20.4. The summed E-state index contributed by atoms with van der Waals surface area (Å²) in [4.78, 5) is 0. The fourth-order valence-corrected chi connectivity index (χ4v) is 6.53. The highest BCUT2D eigenvalue weighted by Gasteiger charge is 2.67. The maximum Gasteiger partial charge on any atom is 0.122 e. The normalized spacial score (nSPS) is 57.6. The smallest absolute Gasteiger partial charge is 0.122 e. The summed E-state index contributed by atoms with van der Waals surface area (Å²) in [6.45, 7) is 4.28. The van der Waals surface area contributed by atoms with Gasteiger partial charge >= 0.3 is 0 Å². The van der Waals surface area contributed by atoms with Gasteiger partial charge in [-0.25, -0.2) is 4.39 Å². The minimum atomic E-state index is -1.21.